The van der Waals surface area contributed by atoms with E-state index in [1.54, 1.807) is 17.7 Å². The highest BCUT2D eigenvalue weighted by Crippen LogP contribution is 2.33. The minimum atomic E-state index is -3.73. The minimum absolute atomic E-state index is 0.0216. The molecular weight excluding hydrogens is 379 g/mol. The van der Waals surface area contributed by atoms with Crippen LogP contribution in [0.25, 0.3) is 0 Å². The van der Waals surface area contributed by atoms with Gasteiger partial charge in [0.2, 0.25) is 0 Å². The number of hydrogen-bond acceptors (Lipinski definition) is 4. The number of aromatic nitrogens is 2. The van der Waals surface area contributed by atoms with Gasteiger partial charge in [-0.3, -0.25) is 0 Å². The quantitative estimate of drug-likeness (QED) is 0.715. The van der Waals surface area contributed by atoms with Gasteiger partial charge in [-0.2, -0.15) is 4.31 Å². The smallest absolute Gasteiger partial charge is 0.262 e. The van der Waals surface area contributed by atoms with Crippen LogP contribution in [0.2, 0.25) is 0 Å². The molecule has 0 radical (unpaired) electrons. The number of sulfonamides is 1. The Morgan fingerprint density at radius 2 is 1.89 bits per heavy atom. The van der Waals surface area contributed by atoms with Crippen LogP contribution in [0.1, 0.15) is 11.5 Å². The number of hydrogen-bond donors (Lipinski definition) is 1. The van der Waals surface area contributed by atoms with Crippen molar-refractivity contribution in [1.29, 1.82) is 0 Å². The zero-order valence-electron chi connectivity index (χ0n) is 15.4. The second-order valence-electron chi connectivity index (χ2n) is 6.98. The lowest BCUT2D eigenvalue weighted by molar-refractivity contribution is 0.468. The predicted octanol–water partition coefficient (Wildman–Crippen LogP) is 2.83. The fourth-order valence-electron chi connectivity index (χ4n) is 3.59. The van der Waals surface area contributed by atoms with Crippen molar-refractivity contribution >= 4 is 15.7 Å². The van der Waals surface area contributed by atoms with Gasteiger partial charge in [0.15, 0.2) is 5.03 Å². The third kappa shape index (κ3) is 3.65. The SMILES string of the molecule is Cn1cnc(S(=O)(=O)N2C[C@@H](Nc3ccccc3)[C@H](c3cccc(F)c3)C2)c1. The molecule has 4 rings (SSSR count). The van der Waals surface area contributed by atoms with Gasteiger partial charge in [0.05, 0.1) is 6.33 Å². The van der Waals surface area contributed by atoms with Gasteiger partial charge in [-0.1, -0.05) is 30.3 Å². The zero-order chi connectivity index (χ0) is 19.7. The average Bonchev–Trinajstić information content (AvgIpc) is 3.30. The van der Waals surface area contributed by atoms with Crippen molar-refractivity contribution in [2.45, 2.75) is 17.0 Å². The molecule has 8 heteroatoms. The molecule has 0 bridgehead atoms. The van der Waals surface area contributed by atoms with Crippen LogP contribution in [0.3, 0.4) is 0 Å². The number of benzene rings is 2. The summed E-state index contributed by atoms with van der Waals surface area (Å²) in [5.74, 6) is -0.517. The van der Waals surface area contributed by atoms with E-state index in [4.69, 9.17) is 0 Å². The molecule has 0 saturated carbocycles. The monoisotopic (exact) mass is 400 g/mol. The lowest BCUT2D eigenvalue weighted by Crippen LogP contribution is -2.32. The number of nitrogens with zero attached hydrogens (tertiary/aromatic N) is 3. The van der Waals surface area contributed by atoms with Crippen molar-refractivity contribution in [2.24, 2.45) is 7.05 Å². The first kappa shape index (κ1) is 18.6. The second-order valence-corrected chi connectivity index (χ2v) is 8.86. The number of aryl methyl sites for hydroxylation is 1. The molecule has 1 N–H and O–H groups in total. The van der Waals surface area contributed by atoms with Crippen LogP contribution in [-0.4, -0.2) is 41.4 Å². The van der Waals surface area contributed by atoms with Crippen LogP contribution < -0.4 is 5.32 Å². The summed E-state index contributed by atoms with van der Waals surface area (Å²) in [6.07, 6.45) is 2.96. The Hall–Kier alpha value is -2.71. The third-order valence-corrected chi connectivity index (χ3v) is 6.69. The van der Waals surface area contributed by atoms with Crippen molar-refractivity contribution in [3.05, 3.63) is 78.5 Å². The summed E-state index contributed by atoms with van der Waals surface area (Å²) in [5, 5.41) is 3.44. The zero-order valence-corrected chi connectivity index (χ0v) is 16.2. The summed E-state index contributed by atoms with van der Waals surface area (Å²) >= 11 is 0. The normalized spacial score (nSPS) is 20.4. The summed E-state index contributed by atoms with van der Waals surface area (Å²) in [6.45, 7) is 0.530. The van der Waals surface area contributed by atoms with E-state index in [1.165, 1.54) is 29.0 Å². The Morgan fingerprint density at radius 1 is 1.11 bits per heavy atom. The molecule has 1 saturated heterocycles. The first-order valence-corrected chi connectivity index (χ1v) is 10.4. The van der Waals surface area contributed by atoms with E-state index in [-0.39, 0.29) is 35.9 Å². The fourth-order valence-corrected chi connectivity index (χ4v) is 5.05. The summed E-state index contributed by atoms with van der Waals surface area (Å²) in [5.41, 5.74) is 1.66. The number of rotatable bonds is 5. The lowest BCUT2D eigenvalue weighted by atomic mass is 9.94. The molecule has 0 aliphatic carbocycles. The van der Waals surface area contributed by atoms with E-state index in [0.717, 1.165) is 11.3 Å². The van der Waals surface area contributed by atoms with Crippen molar-refractivity contribution < 1.29 is 12.8 Å². The maximum absolute atomic E-state index is 13.8. The third-order valence-electron chi connectivity index (χ3n) is 4.97. The van der Waals surface area contributed by atoms with E-state index >= 15 is 0 Å². The standard InChI is InChI=1S/C20H21FN4O2S/c1-24-13-20(22-14-24)28(26,27)25-11-18(15-6-5-7-16(21)10-15)19(12-25)23-17-8-3-2-4-9-17/h2-10,13-14,18-19,23H,11-12H2,1H3/t18-,19+/m0/s1. The van der Waals surface area contributed by atoms with Gasteiger partial charge in [-0.25, -0.2) is 17.8 Å². The topological polar surface area (TPSA) is 67.2 Å². The summed E-state index contributed by atoms with van der Waals surface area (Å²) in [7, 11) is -2.00. The molecule has 0 spiro atoms. The first-order chi connectivity index (χ1) is 13.4. The highest BCUT2D eigenvalue weighted by molar-refractivity contribution is 7.89. The fraction of sp³-hybridized carbons (Fsp3) is 0.250. The van der Waals surface area contributed by atoms with Gasteiger partial charge in [0.1, 0.15) is 5.82 Å². The molecule has 146 valence electrons. The van der Waals surface area contributed by atoms with E-state index in [0.29, 0.717) is 0 Å². The molecule has 0 amide bonds. The number of imidazole rings is 1. The molecule has 2 atom stereocenters. The van der Waals surface area contributed by atoms with Crippen molar-refractivity contribution in [2.75, 3.05) is 18.4 Å². The molecular formula is C20H21FN4O2S. The summed E-state index contributed by atoms with van der Waals surface area (Å²) in [4.78, 5) is 4.01. The van der Waals surface area contributed by atoms with Crippen LogP contribution in [0.15, 0.2) is 72.1 Å². The van der Waals surface area contributed by atoms with Crippen molar-refractivity contribution in [3.63, 3.8) is 0 Å². The van der Waals surface area contributed by atoms with Crippen molar-refractivity contribution in [1.82, 2.24) is 13.9 Å². The average molecular weight is 400 g/mol. The maximum Gasteiger partial charge on any atom is 0.262 e. The van der Waals surface area contributed by atoms with E-state index in [9.17, 15) is 12.8 Å². The maximum atomic E-state index is 13.8. The highest BCUT2D eigenvalue weighted by atomic mass is 32.2. The minimum Gasteiger partial charge on any atom is -0.380 e. The van der Waals surface area contributed by atoms with E-state index < -0.39 is 10.0 Å². The van der Waals surface area contributed by atoms with Crippen LogP contribution in [0.5, 0.6) is 0 Å². The van der Waals surface area contributed by atoms with Gasteiger partial charge in [0.25, 0.3) is 10.0 Å². The molecule has 28 heavy (non-hydrogen) atoms. The Balaban J connectivity index is 1.66. The van der Waals surface area contributed by atoms with Crippen molar-refractivity contribution in [3.8, 4) is 0 Å². The Morgan fingerprint density at radius 3 is 2.57 bits per heavy atom. The van der Waals surface area contributed by atoms with Crippen LogP contribution in [-0.2, 0) is 17.1 Å². The van der Waals surface area contributed by atoms with E-state index in [2.05, 4.69) is 10.3 Å². The second kappa shape index (κ2) is 7.37. The van der Waals surface area contributed by atoms with Crippen LogP contribution in [0, 0.1) is 5.82 Å². The molecule has 0 unspecified atom stereocenters. The van der Waals surface area contributed by atoms with Crippen LogP contribution >= 0.6 is 0 Å². The molecule has 1 aromatic heterocycles. The number of anilines is 1. The lowest BCUT2D eigenvalue weighted by Gasteiger charge is -2.21. The molecule has 6 nitrogen and oxygen atoms in total. The molecule has 2 heterocycles. The largest absolute Gasteiger partial charge is 0.380 e. The predicted molar refractivity (Wildman–Crippen MR) is 105 cm³/mol. The molecule has 1 fully saturated rings. The molecule has 3 aromatic rings. The first-order valence-electron chi connectivity index (χ1n) is 8.98. The number of halogens is 1. The summed E-state index contributed by atoms with van der Waals surface area (Å²) < 4.78 is 42.9. The van der Waals surface area contributed by atoms with Crippen LogP contribution in [0.4, 0.5) is 10.1 Å². The Bertz CT molecular complexity index is 1070. The molecule has 2 aromatic carbocycles. The Kier molecular flexibility index (Phi) is 4.91. The van der Waals surface area contributed by atoms with Gasteiger partial charge in [0, 0.05) is 44.0 Å². The molecule has 1 aliphatic rings. The highest BCUT2D eigenvalue weighted by Gasteiger charge is 2.41. The Labute approximate surface area is 163 Å². The van der Waals surface area contributed by atoms with Gasteiger partial charge in [-0.15, -0.1) is 0 Å². The van der Waals surface area contributed by atoms with Gasteiger partial charge in [-0.05, 0) is 29.8 Å². The molecule has 1 aliphatic heterocycles. The number of para-hydroxylation sites is 1. The van der Waals surface area contributed by atoms with E-state index in [1.807, 2.05) is 36.4 Å². The number of nitrogens with one attached hydrogen (secondary N) is 1. The van der Waals surface area contributed by atoms with Gasteiger partial charge < -0.3 is 9.88 Å². The van der Waals surface area contributed by atoms with Gasteiger partial charge >= 0.3 is 0 Å². The summed E-state index contributed by atoms with van der Waals surface area (Å²) in [6, 6.07) is 15.8.